The summed E-state index contributed by atoms with van der Waals surface area (Å²) in [6, 6.07) is 6.53. The summed E-state index contributed by atoms with van der Waals surface area (Å²) in [5.41, 5.74) is 0.732. The Morgan fingerprint density at radius 3 is 2.76 bits per heavy atom. The maximum Gasteiger partial charge on any atom is 0.341 e. The van der Waals surface area contributed by atoms with Gasteiger partial charge < -0.3 is 9.84 Å². The van der Waals surface area contributed by atoms with Crippen molar-refractivity contribution >= 4 is 5.97 Å². The van der Waals surface area contributed by atoms with E-state index in [2.05, 4.69) is 13.8 Å². The molecule has 4 rings (SSSR count). The second kappa shape index (κ2) is 5.36. The van der Waals surface area contributed by atoms with E-state index >= 15 is 0 Å². The van der Waals surface area contributed by atoms with Gasteiger partial charge in [0.25, 0.3) is 0 Å². The highest BCUT2D eigenvalue weighted by Gasteiger charge is 2.53. The standard InChI is InChI=1S/C18H24O3/c1-18(2)13-8-7-12(15(18)11-13)9-10-21-17(20)14-5-3-4-6-16(14)19/h3-6,12-13,15,19H,7-11H2,1-2H3/t12-,13+,15+/m1/s1. The summed E-state index contributed by atoms with van der Waals surface area (Å²) in [5, 5.41) is 9.65. The largest absolute Gasteiger partial charge is 0.507 e. The summed E-state index contributed by atoms with van der Waals surface area (Å²) in [6.45, 7) is 5.22. The lowest BCUT2D eigenvalue weighted by molar-refractivity contribution is -0.109. The van der Waals surface area contributed by atoms with E-state index in [1.165, 1.54) is 25.3 Å². The van der Waals surface area contributed by atoms with Crippen LogP contribution in [-0.2, 0) is 4.74 Å². The van der Waals surface area contributed by atoms with Crippen LogP contribution in [0, 0.1) is 23.2 Å². The van der Waals surface area contributed by atoms with E-state index < -0.39 is 5.97 Å². The molecule has 1 aromatic carbocycles. The molecule has 3 aliphatic rings. The highest BCUT2D eigenvalue weighted by molar-refractivity contribution is 5.92. The Kier molecular flexibility index (Phi) is 3.68. The monoisotopic (exact) mass is 288 g/mol. The first-order chi connectivity index (χ1) is 10.00. The molecule has 0 amide bonds. The minimum atomic E-state index is -0.422. The normalized spacial score (nSPS) is 29.5. The Hall–Kier alpha value is -1.51. The molecule has 0 saturated heterocycles. The van der Waals surface area contributed by atoms with Gasteiger partial charge >= 0.3 is 5.97 Å². The molecule has 2 bridgehead atoms. The number of carbonyl (C=O) groups is 1. The summed E-state index contributed by atoms with van der Waals surface area (Å²) >= 11 is 0. The molecule has 0 aliphatic heterocycles. The number of para-hydroxylation sites is 1. The topological polar surface area (TPSA) is 46.5 Å². The van der Waals surface area contributed by atoms with Gasteiger partial charge in [0.2, 0.25) is 0 Å². The number of carbonyl (C=O) groups excluding carboxylic acids is 1. The van der Waals surface area contributed by atoms with Gasteiger partial charge in [0.15, 0.2) is 0 Å². The molecular formula is C18H24O3. The van der Waals surface area contributed by atoms with Crippen molar-refractivity contribution in [2.24, 2.45) is 23.2 Å². The lowest BCUT2D eigenvalue weighted by Crippen LogP contribution is -2.52. The first-order valence-electron chi connectivity index (χ1n) is 7.95. The van der Waals surface area contributed by atoms with E-state index in [0.717, 1.165) is 18.3 Å². The molecule has 3 heteroatoms. The minimum Gasteiger partial charge on any atom is -0.507 e. The fourth-order valence-electron chi connectivity index (χ4n) is 4.34. The molecule has 1 aromatic rings. The number of esters is 1. The second-order valence-corrected chi connectivity index (χ2v) is 7.14. The molecule has 0 radical (unpaired) electrons. The van der Waals surface area contributed by atoms with Crippen molar-refractivity contribution in [3.63, 3.8) is 0 Å². The Bertz CT molecular complexity index is 533. The lowest BCUT2D eigenvalue weighted by atomic mass is 9.45. The zero-order valence-electron chi connectivity index (χ0n) is 12.8. The van der Waals surface area contributed by atoms with E-state index in [-0.39, 0.29) is 11.3 Å². The van der Waals surface area contributed by atoms with Crippen LogP contribution in [0.3, 0.4) is 0 Å². The maximum atomic E-state index is 11.9. The average molecular weight is 288 g/mol. The van der Waals surface area contributed by atoms with Crippen molar-refractivity contribution in [2.75, 3.05) is 6.61 Å². The van der Waals surface area contributed by atoms with E-state index in [4.69, 9.17) is 4.74 Å². The van der Waals surface area contributed by atoms with Crippen LogP contribution in [0.2, 0.25) is 0 Å². The molecule has 0 heterocycles. The molecule has 0 aromatic heterocycles. The van der Waals surface area contributed by atoms with Gasteiger partial charge in [-0.15, -0.1) is 0 Å². The van der Waals surface area contributed by atoms with Crippen LogP contribution < -0.4 is 0 Å². The number of ether oxygens (including phenoxy) is 1. The first kappa shape index (κ1) is 14.4. The van der Waals surface area contributed by atoms with Gasteiger partial charge in [0.05, 0.1) is 6.61 Å². The molecule has 0 spiro atoms. The quantitative estimate of drug-likeness (QED) is 0.851. The third-order valence-corrected chi connectivity index (χ3v) is 5.85. The van der Waals surface area contributed by atoms with Crippen molar-refractivity contribution < 1.29 is 14.6 Å². The van der Waals surface area contributed by atoms with Crippen LogP contribution in [-0.4, -0.2) is 17.7 Å². The first-order valence-corrected chi connectivity index (χ1v) is 7.95. The summed E-state index contributed by atoms with van der Waals surface area (Å²) in [5.74, 6) is 1.95. The number of benzene rings is 1. The van der Waals surface area contributed by atoms with Crippen molar-refractivity contribution in [1.29, 1.82) is 0 Å². The molecule has 1 N–H and O–H groups in total. The van der Waals surface area contributed by atoms with Gasteiger partial charge in [0, 0.05) is 0 Å². The molecule has 3 aliphatic carbocycles. The lowest BCUT2D eigenvalue weighted by Gasteiger charge is -2.60. The van der Waals surface area contributed by atoms with Crippen molar-refractivity contribution in [2.45, 2.75) is 39.5 Å². The third kappa shape index (κ3) is 2.54. The Morgan fingerprint density at radius 2 is 2.10 bits per heavy atom. The summed E-state index contributed by atoms with van der Waals surface area (Å²) < 4.78 is 5.35. The van der Waals surface area contributed by atoms with Gasteiger partial charge in [-0.2, -0.15) is 0 Å². The van der Waals surface area contributed by atoms with Crippen LogP contribution in [0.4, 0.5) is 0 Å². The fraction of sp³-hybridized carbons (Fsp3) is 0.611. The van der Waals surface area contributed by atoms with Crippen molar-refractivity contribution in [3.05, 3.63) is 29.8 Å². The highest BCUT2D eigenvalue weighted by atomic mass is 16.5. The number of fused-ring (bicyclic) bond motifs is 2. The minimum absolute atomic E-state index is 0.0110. The Morgan fingerprint density at radius 1 is 1.33 bits per heavy atom. The summed E-state index contributed by atoms with van der Waals surface area (Å²) in [4.78, 5) is 11.9. The molecule has 3 fully saturated rings. The van der Waals surface area contributed by atoms with Crippen LogP contribution in [0.15, 0.2) is 24.3 Å². The van der Waals surface area contributed by atoms with Gasteiger partial charge in [-0.25, -0.2) is 4.79 Å². The van der Waals surface area contributed by atoms with Gasteiger partial charge in [-0.05, 0) is 61.0 Å². The number of phenols is 1. The number of rotatable bonds is 4. The molecule has 3 saturated carbocycles. The molecule has 114 valence electrons. The summed E-state index contributed by atoms with van der Waals surface area (Å²) in [6.07, 6.45) is 4.89. The molecule has 0 unspecified atom stereocenters. The van der Waals surface area contributed by atoms with Crippen LogP contribution >= 0.6 is 0 Å². The number of aromatic hydroxyl groups is 1. The number of phenolic OH excluding ortho intramolecular Hbond substituents is 1. The third-order valence-electron chi connectivity index (χ3n) is 5.85. The van der Waals surface area contributed by atoms with Gasteiger partial charge in [-0.1, -0.05) is 26.0 Å². The molecular weight excluding hydrogens is 264 g/mol. The van der Waals surface area contributed by atoms with Crippen molar-refractivity contribution in [1.82, 2.24) is 0 Å². The predicted molar refractivity (Wildman–Crippen MR) is 81.1 cm³/mol. The Labute approximate surface area is 126 Å². The molecule has 3 atom stereocenters. The summed E-state index contributed by atoms with van der Waals surface area (Å²) in [7, 11) is 0. The number of hydrogen-bond acceptors (Lipinski definition) is 3. The second-order valence-electron chi connectivity index (χ2n) is 7.14. The zero-order valence-corrected chi connectivity index (χ0v) is 12.8. The van der Waals surface area contributed by atoms with E-state index in [1.54, 1.807) is 18.2 Å². The van der Waals surface area contributed by atoms with E-state index in [9.17, 15) is 9.90 Å². The molecule has 21 heavy (non-hydrogen) atoms. The molecule has 3 nitrogen and oxygen atoms in total. The highest BCUT2D eigenvalue weighted by Crippen LogP contribution is 2.61. The van der Waals surface area contributed by atoms with Crippen molar-refractivity contribution in [3.8, 4) is 5.75 Å². The zero-order chi connectivity index (χ0) is 15.0. The predicted octanol–water partition coefficient (Wildman–Crippen LogP) is 4.01. The van der Waals surface area contributed by atoms with Crippen LogP contribution in [0.5, 0.6) is 5.75 Å². The van der Waals surface area contributed by atoms with Crippen LogP contribution in [0.25, 0.3) is 0 Å². The average Bonchev–Trinajstić information content (AvgIpc) is 2.47. The smallest absolute Gasteiger partial charge is 0.341 e. The van der Waals surface area contributed by atoms with Crippen LogP contribution in [0.1, 0.15) is 49.9 Å². The van der Waals surface area contributed by atoms with Gasteiger partial charge in [0.1, 0.15) is 11.3 Å². The number of hydrogen-bond donors (Lipinski definition) is 1. The van der Waals surface area contributed by atoms with Gasteiger partial charge in [-0.3, -0.25) is 0 Å². The van der Waals surface area contributed by atoms with E-state index in [0.29, 0.717) is 17.9 Å². The fourth-order valence-corrected chi connectivity index (χ4v) is 4.34. The maximum absolute atomic E-state index is 11.9. The van der Waals surface area contributed by atoms with E-state index in [1.807, 2.05) is 0 Å². The SMILES string of the molecule is CC1(C)[C@H]2CC[C@H](CCOC(=O)c3ccccc3O)[C@@H]1C2. The Balaban J connectivity index is 1.51.